The van der Waals surface area contributed by atoms with E-state index in [0.29, 0.717) is 42.9 Å². The number of benzene rings is 2. The van der Waals surface area contributed by atoms with Crippen LogP contribution in [0.2, 0.25) is 0 Å². The Hall–Kier alpha value is -3.76. The van der Waals surface area contributed by atoms with Gasteiger partial charge in [-0.1, -0.05) is 12.1 Å². The van der Waals surface area contributed by atoms with Crippen LogP contribution in [0.15, 0.2) is 51.7 Å². The van der Waals surface area contributed by atoms with Crippen LogP contribution in [0.3, 0.4) is 0 Å². The molecule has 1 saturated heterocycles. The number of rotatable bonds is 7. The van der Waals surface area contributed by atoms with Crippen molar-refractivity contribution in [2.75, 3.05) is 46.5 Å². The number of amides is 1. The number of hydrogen-bond acceptors (Lipinski definition) is 8. The Balaban J connectivity index is 1.56. The van der Waals surface area contributed by atoms with Crippen LogP contribution >= 0.6 is 0 Å². The van der Waals surface area contributed by atoms with Gasteiger partial charge >= 0.3 is 0 Å². The standard InChI is InChI=1S/C25H25N3O7/c1-33-18-6-7-19-20(15-18)35-24-21(23(19)29)22(16-4-2-5-17(14-16)28(31)32)27(25(24)30)9-3-8-26-10-12-34-13-11-26/h2,4-7,14-15,22H,3,8-13H2,1H3/t22-/m1/s1. The smallest absolute Gasteiger partial charge is 0.290 e. The summed E-state index contributed by atoms with van der Waals surface area (Å²) in [6.45, 7) is 4.15. The normalized spacial score (nSPS) is 18.1. The number of methoxy groups -OCH3 is 1. The van der Waals surface area contributed by atoms with Crippen molar-refractivity contribution < 1.29 is 23.6 Å². The molecule has 0 unspecified atom stereocenters. The monoisotopic (exact) mass is 479 g/mol. The number of nitrogens with zero attached hydrogens (tertiary/aromatic N) is 3. The number of carbonyl (C=O) groups is 1. The lowest BCUT2D eigenvalue weighted by Crippen LogP contribution is -2.38. The second-order valence-electron chi connectivity index (χ2n) is 8.60. The summed E-state index contributed by atoms with van der Waals surface area (Å²) in [7, 11) is 1.51. The maximum Gasteiger partial charge on any atom is 0.290 e. The van der Waals surface area contributed by atoms with Gasteiger partial charge in [-0.3, -0.25) is 24.6 Å². The number of nitro benzene ring substituents is 1. The molecule has 1 aromatic heterocycles. The third-order valence-corrected chi connectivity index (χ3v) is 6.55. The number of nitro groups is 1. The van der Waals surface area contributed by atoms with Crippen LogP contribution in [0.25, 0.3) is 11.0 Å². The van der Waals surface area contributed by atoms with Gasteiger partial charge in [-0.2, -0.15) is 0 Å². The Morgan fingerprint density at radius 2 is 1.91 bits per heavy atom. The fourth-order valence-electron chi connectivity index (χ4n) is 4.80. The van der Waals surface area contributed by atoms with Crippen LogP contribution in [0.4, 0.5) is 5.69 Å². The van der Waals surface area contributed by atoms with Gasteiger partial charge in [0.2, 0.25) is 5.76 Å². The summed E-state index contributed by atoms with van der Waals surface area (Å²) in [5.74, 6) is 0.0718. The number of fused-ring (bicyclic) bond motifs is 2. The first-order chi connectivity index (χ1) is 17.0. The lowest BCUT2D eigenvalue weighted by atomic mass is 9.98. The highest BCUT2D eigenvalue weighted by molar-refractivity contribution is 5.99. The molecule has 1 fully saturated rings. The SMILES string of the molecule is COc1ccc2c(=O)c3c(oc2c1)C(=O)N(CCCN1CCOCC1)[C@@H]3c1cccc([N+](=O)[O-])c1. The number of hydrogen-bond donors (Lipinski definition) is 0. The second-order valence-corrected chi connectivity index (χ2v) is 8.60. The Kier molecular flexibility index (Phi) is 6.23. The van der Waals surface area contributed by atoms with Crippen molar-refractivity contribution in [3.05, 3.63) is 79.7 Å². The van der Waals surface area contributed by atoms with E-state index in [1.54, 1.807) is 35.2 Å². The highest BCUT2D eigenvalue weighted by atomic mass is 16.6. The van der Waals surface area contributed by atoms with Gasteiger partial charge in [0, 0.05) is 44.4 Å². The van der Waals surface area contributed by atoms with E-state index < -0.39 is 16.9 Å². The van der Waals surface area contributed by atoms with Crippen molar-refractivity contribution in [2.45, 2.75) is 12.5 Å². The Morgan fingerprint density at radius 1 is 1.11 bits per heavy atom. The minimum atomic E-state index is -0.773. The fourth-order valence-corrected chi connectivity index (χ4v) is 4.80. The first kappa shape index (κ1) is 23.0. The van der Waals surface area contributed by atoms with Gasteiger partial charge in [0.25, 0.3) is 11.6 Å². The predicted octanol–water partition coefficient (Wildman–Crippen LogP) is 2.98. The largest absolute Gasteiger partial charge is 0.497 e. The maximum atomic E-state index is 13.6. The molecule has 10 nitrogen and oxygen atoms in total. The van der Waals surface area contributed by atoms with Crippen LogP contribution in [0.5, 0.6) is 5.75 Å². The summed E-state index contributed by atoms with van der Waals surface area (Å²) in [5, 5.41) is 11.7. The third kappa shape index (κ3) is 4.26. The summed E-state index contributed by atoms with van der Waals surface area (Å²) in [4.78, 5) is 41.9. The lowest BCUT2D eigenvalue weighted by Gasteiger charge is -2.29. The van der Waals surface area contributed by atoms with Gasteiger partial charge in [0.05, 0.1) is 42.2 Å². The number of morpholine rings is 1. The molecule has 2 aromatic carbocycles. The molecule has 10 heteroatoms. The highest BCUT2D eigenvalue weighted by Gasteiger charge is 2.42. The third-order valence-electron chi connectivity index (χ3n) is 6.55. The Labute approximate surface area is 200 Å². The van der Waals surface area contributed by atoms with Crippen LogP contribution < -0.4 is 10.2 Å². The van der Waals surface area contributed by atoms with E-state index in [-0.39, 0.29) is 28.0 Å². The average Bonchev–Trinajstić information content (AvgIpc) is 3.16. The van der Waals surface area contributed by atoms with Gasteiger partial charge in [-0.25, -0.2) is 0 Å². The summed E-state index contributed by atoms with van der Waals surface area (Å²) < 4.78 is 16.6. The minimum Gasteiger partial charge on any atom is -0.497 e. The van der Waals surface area contributed by atoms with Crippen molar-refractivity contribution in [1.29, 1.82) is 0 Å². The van der Waals surface area contributed by atoms with E-state index in [2.05, 4.69) is 4.90 Å². The number of non-ortho nitro benzene ring substituents is 1. The van der Waals surface area contributed by atoms with E-state index in [0.717, 1.165) is 19.6 Å². The van der Waals surface area contributed by atoms with Crippen molar-refractivity contribution in [1.82, 2.24) is 9.80 Å². The molecule has 0 aliphatic carbocycles. The second kappa shape index (κ2) is 9.47. The van der Waals surface area contributed by atoms with Gasteiger partial charge in [0.1, 0.15) is 11.3 Å². The molecule has 0 spiro atoms. The summed E-state index contributed by atoms with van der Waals surface area (Å²) in [6.07, 6.45) is 0.673. The zero-order chi connectivity index (χ0) is 24.5. The number of ether oxygens (including phenoxy) is 2. The molecule has 3 aromatic rings. The molecule has 5 rings (SSSR count). The molecule has 2 aliphatic heterocycles. The molecule has 182 valence electrons. The van der Waals surface area contributed by atoms with E-state index >= 15 is 0 Å². The van der Waals surface area contributed by atoms with E-state index in [9.17, 15) is 19.7 Å². The van der Waals surface area contributed by atoms with Crippen molar-refractivity contribution in [3.63, 3.8) is 0 Å². The predicted molar refractivity (Wildman–Crippen MR) is 127 cm³/mol. The van der Waals surface area contributed by atoms with Crippen molar-refractivity contribution in [2.24, 2.45) is 0 Å². The summed E-state index contributed by atoms with van der Waals surface area (Å²) >= 11 is 0. The summed E-state index contributed by atoms with van der Waals surface area (Å²) in [6, 6.07) is 10.1. The molecular formula is C25H25N3O7. The van der Waals surface area contributed by atoms with Crippen molar-refractivity contribution >= 4 is 22.6 Å². The zero-order valence-electron chi connectivity index (χ0n) is 19.3. The van der Waals surface area contributed by atoms with Gasteiger partial charge < -0.3 is 18.8 Å². The molecule has 35 heavy (non-hydrogen) atoms. The van der Waals surface area contributed by atoms with E-state index in [4.69, 9.17) is 13.9 Å². The quantitative estimate of drug-likeness (QED) is 0.375. The molecule has 0 bridgehead atoms. The van der Waals surface area contributed by atoms with Gasteiger partial charge in [-0.05, 0) is 24.1 Å². The highest BCUT2D eigenvalue weighted by Crippen LogP contribution is 2.39. The molecule has 0 N–H and O–H groups in total. The van der Waals surface area contributed by atoms with E-state index in [1.165, 1.54) is 19.2 Å². The average molecular weight is 479 g/mol. The van der Waals surface area contributed by atoms with Gasteiger partial charge in [-0.15, -0.1) is 0 Å². The lowest BCUT2D eigenvalue weighted by molar-refractivity contribution is -0.384. The van der Waals surface area contributed by atoms with E-state index in [1.807, 2.05) is 0 Å². The van der Waals surface area contributed by atoms with Crippen LogP contribution in [0.1, 0.15) is 34.1 Å². The molecule has 3 heterocycles. The topological polar surface area (TPSA) is 115 Å². The molecular weight excluding hydrogens is 454 g/mol. The minimum absolute atomic E-state index is 0.0290. The van der Waals surface area contributed by atoms with Crippen LogP contribution in [0, 0.1) is 10.1 Å². The van der Waals surface area contributed by atoms with Crippen LogP contribution in [-0.2, 0) is 4.74 Å². The zero-order valence-corrected chi connectivity index (χ0v) is 19.3. The summed E-state index contributed by atoms with van der Waals surface area (Å²) in [5.41, 5.74) is 0.530. The maximum absolute atomic E-state index is 13.6. The molecule has 1 atom stereocenters. The molecule has 0 radical (unpaired) electrons. The van der Waals surface area contributed by atoms with Crippen LogP contribution in [-0.4, -0.2) is 67.1 Å². The molecule has 0 saturated carbocycles. The number of carbonyl (C=O) groups excluding carboxylic acids is 1. The Bertz CT molecular complexity index is 1350. The molecule has 2 aliphatic rings. The fraction of sp³-hybridized carbons (Fsp3) is 0.360. The first-order valence-electron chi connectivity index (χ1n) is 11.5. The Morgan fingerprint density at radius 3 is 2.66 bits per heavy atom. The first-order valence-corrected chi connectivity index (χ1v) is 11.5. The molecule has 1 amide bonds. The van der Waals surface area contributed by atoms with Gasteiger partial charge in [0.15, 0.2) is 5.43 Å². The van der Waals surface area contributed by atoms with Crippen molar-refractivity contribution in [3.8, 4) is 5.75 Å².